The van der Waals surface area contributed by atoms with Crippen molar-refractivity contribution in [2.75, 3.05) is 0 Å². The number of hydrogen-bond donors (Lipinski definition) is 0. The van der Waals surface area contributed by atoms with Gasteiger partial charge in [0.1, 0.15) is 0 Å². The maximum Gasteiger partial charge on any atom is 0.0487 e. The highest BCUT2D eigenvalue weighted by Crippen LogP contribution is 1.97. The first-order valence-electron chi connectivity index (χ1n) is 3.08. The molecule has 8 heavy (non-hydrogen) atoms. The Hall–Kier alpha value is 0.0300. The fourth-order valence-electron chi connectivity index (χ4n) is 0.450. The molecule has 0 aliphatic heterocycles. The molecule has 0 saturated heterocycles. The van der Waals surface area contributed by atoms with Gasteiger partial charge in [0.2, 0.25) is 0 Å². The van der Waals surface area contributed by atoms with Crippen LogP contribution in [0.15, 0.2) is 12.2 Å². The number of allylic oxidation sites excluding steroid dienone is 2. The van der Waals surface area contributed by atoms with Crippen LogP contribution >= 0.6 is 11.6 Å². The van der Waals surface area contributed by atoms with Crippen molar-refractivity contribution in [3.05, 3.63) is 12.2 Å². The number of halogens is 1. The quantitative estimate of drug-likeness (QED) is 0.409. The fraction of sp³-hybridized carbons (Fsp3) is 0.714. The predicted molar refractivity (Wildman–Crippen MR) is 39.4 cm³/mol. The Balaban J connectivity index is 3.07. The standard InChI is InChI=1S/C7H13Cl/c1-3-4-5-6-7(2)8/h5-7H,3-4H2,1-2H3/b6-5+. The maximum absolute atomic E-state index is 5.63. The summed E-state index contributed by atoms with van der Waals surface area (Å²) in [5.41, 5.74) is 0. The topological polar surface area (TPSA) is 0 Å². The van der Waals surface area contributed by atoms with Gasteiger partial charge in [0, 0.05) is 5.38 Å². The third-order valence-corrected chi connectivity index (χ3v) is 1.00. The monoisotopic (exact) mass is 132 g/mol. The average Bonchev–Trinajstić information content (AvgIpc) is 1.66. The van der Waals surface area contributed by atoms with Gasteiger partial charge in [-0.05, 0) is 13.3 Å². The van der Waals surface area contributed by atoms with Gasteiger partial charge in [0.15, 0.2) is 0 Å². The van der Waals surface area contributed by atoms with Crippen LogP contribution in [0.1, 0.15) is 26.7 Å². The molecule has 0 amide bonds. The highest BCUT2D eigenvalue weighted by atomic mass is 35.5. The second-order valence-electron chi connectivity index (χ2n) is 1.89. The van der Waals surface area contributed by atoms with Crippen LogP contribution in [0.25, 0.3) is 0 Å². The summed E-state index contributed by atoms with van der Waals surface area (Å²) in [6.45, 7) is 4.12. The average molecular weight is 133 g/mol. The Morgan fingerprint density at radius 1 is 1.62 bits per heavy atom. The van der Waals surface area contributed by atoms with Gasteiger partial charge in [-0.1, -0.05) is 25.5 Å². The van der Waals surface area contributed by atoms with Gasteiger partial charge in [0.05, 0.1) is 0 Å². The third kappa shape index (κ3) is 6.03. The number of alkyl halides is 1. The van der Waals surface area contributed by atoms with E-state index in [-0.39, 0.29) is 5.38 Å². The summed E-state index contributed by atoms with van der Waals surface area (Å²) < 4.78 is 0. The van der Waals surface area contributed by atoms with Crippen molar-refractivity contribution >= 4 is 11.6 Å². The SMILES string of the molecule is CCC/C=C/C(C)Cl. The first-order chi connectivity index (χ1) is 3.77. The van der Waals surface area contributed by atoms with E-state index >= 15 is 0 Å². The summed E-state index contributed by atoms with van der Waals surface area (Å²) in [5, 5.41) is 0.196. The molecule has 0 heterocycles. The van der Waals surface area contributed by atoms with E-state index in [4.69, 9.17) is 11.6 Å². The van der Waals surface area contributed by atoms with Crippen LogP contribution in [-0.2, 0) is 0 Å². The molecule has 1 unspecified atom stereocenters. The molecule has 0 aliphatic rings. The molecular formula is C7H13Cl. The predicted octanol–water partition coefficient (Wildman–Crippen LogP) is 2.97. The van der Waals surface area contributed by atoms with E-state index in [1.807, 2.05) is 13.0 Å². The molecule has 0 nitrogen and oxygen atoms in total. The Morgan fingerprint density at radius 2 is 2.25 bits per heavy atom. The summed E-state index contributed by atoms with van der Waals surface area (Å²) in [5.74, 6) is 0. The zero-order chi connectivity index (χ0) is 6.41. The minimum Gasteiger partial charge on any atom is -0.119 e. The molecule has 0 rings (SSSR count). The van der Waals surface area contributed by atoms with Crippen LogP contribution in [0.2, 0.25) is 0 Å². The molecule has 48 valence electrons. The van der Waals surface area contributed by atoms with Crippen LogP contribution in [0.3, 0.4) is 0 Å². The first-order valence-corrected chi connectivity index (χ1v) is 3.51. The Labute approximate surface area is 56.5 Å². The van der Waals surface area contributed by atoms with Crippen LogP contribution in [0.4, 0.5) is 0 Å². The smallest absolute Gasteiger partial charge is 0.0487 e. The third-order valence-electron chi connectivity index (χ3n) is 0.857. The highest BCUT2D eigenvalue weighted by Gasteiger charge is 1.82. The first kappa shape index (κ1) is 8.03. The van der Waals surface area contributed by atoms with Gasteiger partial charge < -0.3 is 0 Å². The van der Waals surface area contributed by atoms with Crippen molar-refractivity contribution in [3.63, 3.8) is 0 Å². The molecule has 0 saturated carbocycles. The number of rotatable bonds is 3. The largest absolute Gasteiger partial charge is 0.119 e. The minimum absolute atomic E-state index is 0.196. The molecular weight excluding hydrogens is 120 g/mol. The number of hydrogen-bond acceptors (Lipinski definition) is 0. The zero-order valence-corrected chi connectivity index (χ0v) is 6.28. The molecule has 0 spiro atoms. The molecule has 1 atom stereocenters. The Morgan fingerprint density at radius 3 is 2.62 bits per heavy atom. The maximum atomic E-state index is 5.63. The molecule has 0 fully saturated rings. The van der Waals surface area contributed by atoms with Crippen LogP contribution in [0, 0.1) is 0 Å². The van der Waals surface area contributed by atoms with Crippen molar-refractivity contribution in [1.82, 2.24) is 0 Å². The normalized spacial score (nSPS) is 14.9. The van der Waals surface area contributed by atoms with E-state index in [0.29, 0.717) is 0 Å². The summed E-state index contributed by atoms with van der Waals surface area (Å²) in [4.78, 5) is 0. The summed E-state index contributed by atoms with van der Waals surface area (Å²) in [6, 6.07) is 0. The van der Waals surface area contributed by atoms with Crippen LogP contribution in [-0.4, -0.2) is 5.38 Å². The lowest BCUT2D eigenvalue weighted by atomic mass is 10.3. The molecule has 0 aliphatic carbocycles. The van der Waals surface area contributed by atoms with Gasteiger partial charge in [-0.3, -0.25) is 0 Å². The number of unbranched alkanes of at least 4 members (excludes halogenated alkanes) is 1. The van der Waals surface area contributed by atoms with Gasteiger partial charge >= 0.3 is 0 Å². The lowest BCUT2D eigenvalue weighted by Gasteiger charge is -1.88. The molecule has 0 bridgehead atoms. The molecule has 0 N–H and O–H groups in total. The van der Waals surface area contributed by atoms with Gasteiger partial charge in [0.25, 0.3) is 0 Å². The molecule has 0 aromatic carbocycles. The van der Waals surface area contributed by atoms with Gasteiger partial charge in [-0.15, -0.1) is 11.6 Å². The molecule has 1 heteroatoms. The molecule has 0 aromatic rings. The second-order valence-corrected chi connectivity index (χ2v) is 2.58. The van der Waals surface area contributed by atoms with E-state index in [9.17, 15) is 0 Å². The molecule has 0 aromatic heterocycles. The summed E-state index contributed by atoms with van der Waals surface area (Å²) in [6.07, 6.45) is 6.50. The second kappa shape index (κ2) is 5.17. The highest BCUT2D eigenvalue weighted by molar-refractivity contribution is 6.21. The molecule has 0 radical (unpaired) electrons. The van der Waals surface area contributed by atoms with E-state index in [1.165, 1.54) is 6.42 Å². The Bertz CT molecular complexity index is 64.8. The summed E-state index contributed by atoms with van der Waals surface area (Å²) in [7, 11) is 0. The van der Waals surface area contributed by atoms with E-state index in [1.54, 1.807) is 0 Å². The van der Waals surface area contributed by atoms with Crippen molar-refractivity contribution in [2.45, 2.75) is 32.1 Å². The van der Waals surface area contributed by atoms with E-state index in [0.717, 1.165) is 6.42 Å². The van der Waals surface area contributed by atoms with Crippen LogP contribution < -0.4 is 0 Å². The zero-order valence-electron chi connectivity index (χ0n) is 5.52. The van der Waals surface area contributed by atoms with Crippen molar-refractivity contribution in [3.8, 4) is 0 Å². The van der Waals surface area contributed by atoms with Crippen LogP contribution in [0.5, 0.6) is 0 Å². The van der Waals surface area contributed by atoms with E-state index < -0.39 is 0 Å². The van der Waals surface area contributed by atoms with E-state index in [2.05, 4.69) is 13.0 Å². The van der Waals surface area contributed by atoms with Gasteiger partial charge in [-0.25, -0.2) is 0 Å². The summed E-state index contributed by atoms with van der Waals surface area (Å²) >= 11 is 5.63. The Kier molecular flexibility index (Phi) is 5.19. The van der Waals surface area contributed by atoms with Gasteiger partial charge in [-0.2, -0.15) is 0 Å². The van der Waals surface area contributed by atoms with Crippen molar-refractivity contribution in [1.29, 1.82) is 0 Å². The lowest BCUT2D eigenvalue weighted by molar-refractivity contribution is 0.952. The fourth-order valence-corrected chi connectivity index (χ4v) is 0.553. The minimum atomic E-state index is 0.196. The lowest BCUT2D eigenvalue weighted by Crippen LogP contribution is -1.79. The van der Waals surface area contributed by atoms with Crippen molar-refractivity contribution in [2.24, 2.45) is 0 Å². The van der Waals surface area contributed by atoms with Crippen molar-refractivity contribution < 1.29 is 0 Å².